The minimum Gasteiger partial charge on any atom is -0.367 e. The third-order valence-corrected chi connectivity index (χ3v) is 6.17. The zero-order valence-electron chi connectivity index (χ0n) is 18.8. The molecular formula is C25H29FN4O3. The molecule has 1 N–H and O–H groups in total. The Morgan fingerprint density at radius 2 is 1.52 bits per heavy atom. The van der Waals surface area contributed by atoms with Crippen molar-refractivity contribution in [2.45, 2.75) is 26.2 Å². The predicted molar refractivity (Wildman–Crippen MR) is 125 cm³/mol. The number of amides is 3. The second-order valence-electron chi connectivity index (χ2n) is 8.56. The topological polar surface area (TPSA) is 73.0 Å². The van der Waals surface area contributed by atoms with Crippen molar-refractivity contribution in [2.75, 3.05) is 49.5 Å². The molecule has 33 heavy (non-hydrogen) atoms. The number of piperazine rings is 1. The van der Waals surface area contributed by atoms with E-state index in [1.807, 2.05) is 11.0 Å². The summed E-state index contributed by atoms with van der Waals surface area (Å²) in [6.45, 7) is 4.97. The van der Waals surface area contributed by atoms with Crippen LogP contribution in [0.3, 0.4) is 0 Å². The van der Waals surface area contributed by atoms with Crippen LogP contribution in [0.15, 0.2) is 42.5 Å². The molecule has 174 valence electrons. The molecule has 2 aliphatic rings. The van der Waals surface area contributed by atoms with Gasteiger partial charge in [-0.3, -0.25) is 14.4 Å². The predicted octanol–water partition coefficient (Wildman–Crippen LogP) is 3.37. The lowest BCUT2D eigenvalue weighted by Crippen LogP contribution is -2.49. The Morgan fingerprint density at radius 1 is 0.818 bits per heavy atom. The summed E-state index contributed by atoms with van der Waals surface area (Å²) in [5, 5.41) is 2.77. The van der Waals surface area contributed by atoms with E-state index in [2.05, 4.69) is 10.2 Å². The number of anilines is 2. The summed E-state index contributed by atoms with van der Waals surface area (Å²) in [6.07, 6.45) is 3.12. The van der Waals surface area contributed by atoms with Crippen LogP contribution in [-0.4, -0.2) is 66.8 Å². The summed E-state index contributed by atoms with van der Waals surface area (Å²) in [5.41, 5.74) is 2.29. The number of hydrogen-bond donors (Lipinski definition) is 1. The molecule has 0 bridgehead atoms. The third-order valence-electron chi connectivity index (χ3n) is 6.17. The van der Waals surface area contributed by atoms with E-state index in [0.29, 0.717) is 43.0 Å². The molecule has 0 aromatic heterocycles. The van der Waals surface area contributed by atoms with Crippen LogP contribution >= 0.6 is 0 Å². The van der Waals surface area contributed by atoms with Gasteiger partial charge in [0.05, 0.1) is 5.56 Å². The number of rotatable bonds is 4. The van der Waals surface area contributed by atoms with Gasteiger partial charge in [-0.2, -0.15) is 0 Å². The molecule has 0 atom stereocenters. The SMILES string of the molecule is CC(=O)Nc1ccc(N2CCN(C(=O)c3cccc(F)c3)CC2)c(C(=O)N2CCCCC2)c1. The van der Waals surface area contributed by atoms with Gasteiger partial charge in [-0.25, -0.2) is 4.39 Å². The fourth-order valence-electron chi connectivity index (χ4n) is 4.49. The van der Waals surface area contributed by atoms with Crippen molar-refractivity contribution >= 4 is 29.1 Å². The van der Waals surface area contributed by atoms with Gasteiger partial charge in [0.2, 0.25) is 5.91 Å². The molecular weight excluding hydrogens is 423 g/mol. The van der Waals surface area contributed by atoms with Crippen molar-refractivity contribution < 1.29 is 18.8 Å². The fourth-order valence-corrected chi connectivity index (χ4v) is 4.49. The van der Waals surface area contributed by atoms with Crippen molar-refractivity contribution in [1.29, 1.82) is 0 Å². The number of carbonyl (C=O) groups excluding carboxylic acids is 3. The number of piperidine rings is 1. The van der Waals surface area contributed by atoms with Gasteiger partial charge in [0.1, 0.15) is 5.82 Å². The first-order valence-corrected chi connectivity index (χ1v) is 11.4. The summed E-state index contributed by atoms with van der Waals surface area (Å²) < 4.78 is 13.5. The smallest absolute Gasteiger partial charge is 0.256 e. The lowest BCUT2D eigenvalue weighted by molar-refractivity contribution is -0.114. The molecule has 0 saturated carbocycles. The number of carbonyl (C=O) groups is 3. The largest absolute Gasteiger partial charge is 0.367 e. The number of nitrogens with zero attached hydrogens (tertiary/aromatic N) is 3. The summed E-state index contributed by atoms with van der Waals surface area (Å²) in [5.74, 6) is -0.849. The van der Waals surface area contributed by atoms with E-state index in [1.165, 1.54) is 25.1 Å². The Hall–Kier alpha value is -3.42. The summed E-state index contributed by atoms with van der Waals surface area (Å²) in [7, 11) is 0. The normalized spacial score (nSPS) is 16.5. The van der Waals surface area contributed by atoms with E-state index in [1.54, 1.807) is 23.1 Å². The number of hydrogen-bond acceptors (Lipinski definition) is 4. The average Bonchev–Trinajstić information content (AvgIpc) is 2.83. The maximum Gasteiger partial charge on any atom is 0.256 e. The van der Waals surface area contributed by atoms with Crippen molar-refractivity contribution in [2.24, 2.45) is 0 Å². The van der Waals surface area contributed by atoms with Gasteiger partial charge >= 0.3 is 0 Å². The van der Waals surface area contributed by atoms with Gasteiger partial charge < -0.3 is 20.0 Å². The van der Waals surface area contributed by atoms with E-state index < -0.39 is 5.82 Å². The molecule has 0 radical (unpaired) electrons. The van der Waals surface area contributed by atoms with Crippen LogP contribution in [0.25, 0.3) is 0 Å². The molecule has 0 aliphatic carbocycles. The summed E-state index contributed by atoms with van der Waals surface area (Å²) in [4.78, 5) is 43.4. The van der Waals surface area contributed by atoms with E-state index in [0.717, 1.165) is 38.0 Å². The monoisotopic (exact) mass is 452 g/mol. The highest BCUT2D eigenvalue weighted by Gasteiger charge is 2.27. The Bertz CT molecular complexity index is 1040. The number of benzene rings is 2. The highest BCUT2D eigenvalue weighted by molar-refractivity contribution is 6.02. The molecule has 8 heteroatoms. The average molecular weight is 453 g/mol. The third kappa shape index (κ3) is 5.32. The van der Waals surface area contributed by atoms with Crippen LogP contribution < -0.4 is 10.2 Å². The summed E-state index contributed by atoms with van der Waals surface area (Å²) >= 11 is 0. The van der Waals surface area contributed by atoms with Gasteiger partial charge in [-0.05, 0) is 55.7 Å². The highest BCUT2D eigenvalue weighted by Crippen LogP contribution is 2.28. The number of nitrogens with one attached hydrogen (secondary N) is 1. The van der Waals surface area contributed by atoms with Gasteiger partial charge in [0.15, 0.2) is 0 Å². The Labute approximate surface area is 193 Å². The van der Waals surface area contributed by atoms with Crippen molar-refractivity contribution in [1.82, 2.24) is 9.80 Å². The minimum atomic E-state index is -0.431. The van der Waals surface area contributed by atoms with E-state index in [9.17, 15) is 18.8 Å². The lowest BCUT2D eigenvalue weighted by Gasteiger charge is -2.37. The Balaban J connectivity index is 1.52. The Morgan fingerprint density at radius 3 is 2.18 bits per heavy atom. The number of halogens is 1. The molecule has 0 unspecified atom stereocenters. The molecule has 7 nitrogen and oxygen atoms in total. The highest BCUT2D eigenvalue weighted by atomic mass is 19.1. The van der Waals surface area contributed by atoms with E-state index >= 15 is 0 Å². The van der Waals surface area contributed by atoms with Gasteiger partial charge in [-0.15, -0.1) is 0 Å². The zero-order valence-corrected chi connectivity index (χ0v) is 18.8. The summed E-state index contributed by atoms with van der Waals surface area (Å²) in [6, 6.07) is 11.1. The first-order valence-electron chi connectivity index (χ1n) is 11.4. The van der Waals surface area contributed by atoms with E-state index in [-0.39, 0.29) is 17.7 Å². The molecule has 2 aromatic rings. The van der Waals surface area contributed by atoms with Gasteiger partial charge in [0, 0.05) is 63.1 Å². The zero-order chi connectivity index (χ0) is 23.4. The fraction of sp³-hybridized carbons (Fsp3) is 0.400. The molecule has 0 spiro atoms. The lowest BCUT2D eigenvalue weighted by atomic mass is 10.1. The molecule has 2 saturated heterocycles. The molecule has 2 aromatic carbocycles. The van der Waals surface area contributed by atoms with Crippen molar-refractivity contribution in [3.63, 3.8) is 0 Å². The van der Waals surface area contributed by atoms with Crippen LogP contribution in [-0.2, 0) is 4.79 Å². The van der Waals surface area contributed by atoms with Gasteiger partial charge in [0.25, 0.3) is 11.8 Å². The quantitative estimate of drug-likeness (QED) is 0.772. The maximum absolute atomic E-state index is 13.5. The molecule has 2 aliphatic heterocycles. The van der Waals surface area contributed by atoms with E-state index in [4.69, 9.17) is 0 Å². The van der Waals surface area contributed by atoms with Crippen molar-refractivity contribution in [3.05, 3.63) is 59.4 Å². The molecule has 2 fully saturated rings. The minimum absolute atomic E-state index is 0.0323. The van der Waals surface area contributed by atoms with Crippen LogP contribution in [0.1, 0.15) is 46.9 Å². The molecule has 3 amide bonds. The van der Waals surface area contributed by atoms with Crippen LogP contribution in [0.4, 0.5) is 15.8 Å². The maximum atomic E-state index is 13.5. The van der Waals surface area contributed by atoms with Crippen LogP contribution in [0, 0.1) is 5.82 Å². The second kappa shape index (κ2) is 10.0. The number of likely N-dealkylation sites (tertiary alicyclic amines) is 1. The molecule has 4 rings (SSSR count). The van der Waals surface area contributed by atoms with Crippen LogP contribution in [0.2, 0.25) is 0 Å². The van der Waals surface area contributed by atoms with Crippen LogP contribution in [0.5, 0.6) is 0 Å². The standard InChI is InChI=1S/C25H29FN4O3/c1-18(31)27-21-8-9-23(22(17-21)25(33)29-10-3-2-4-11-29)28-12-14-30(15-13-28)24(32)19-6-5-7-20(26)16-19/h5-9,16-17H,2-4,10-15H2,1H3,(H,27,31). The first kappa shape index (κ1) is 22.8. The second-order valence-corrected chi connectivity index (χ2v) is 8.56. The molecule has 2 heterocycles. The first-order chi connectivity index (χ1) is 15.9. The van der Waals surface area contributed by atoms with Gasteiger partial charge in [-0.1, -0.05) is 6.07 Å². The Kier molecular flexibility index (Phi) is 6.91. The van der Waals surface area contributed by atoms with Crippen molar-refractivity contribution in [3.8, 4) is 0 Å².